The number of aromatic nitrogens is 3. The Morgan fingerprint density at radius 3 is 2.85 bits per heavy atom. The van der Waals surface area contributed by atoms with Crippen molar-refractivity contribution in [1.82, 2.24) is 24.4 Å². The summed E-state index contributed by atoms with van der Waals surface area (Å²) in [6.07, 6.45) is 6.97. The Balaban J connectivity index is 1.41. The Kier molecular flexibility index (Phi) is 4.80. The largest absolute Gasteiger partial charge is 0.352 e. The first kappa shape index (κ1) is 17.6. The first-order valence-electron chi connectivity index (χ1n) is 8.75. The van der Waals surface area contributed by atoms with E-state index in [1.54, 1.807) is 28.5 Å². The average molecular weight is 396 g/mol. The summed E-state index contributed by atoms with van der Waals surface area (Å²) in [4.78, 5) is 16.7. The van der Waals surface area contributed by atoms with E-state index < -0.39 is 16.1 Å². The molecule has 1 N–H and O–H groups in total. The fourth-order valence-electron chi connectivity index (χ4n) is 3.61. The van der Waals surface area contributed by atoms with Gasteiger partial charge in [-0.05, 0) is 37.1 Å². The number of carbonyl (C=O) groups is 1. The third-order valence-electron chi connectivity index (χ3n) is 5.08. The lowest BCUT2D eigenvalue weighted by atomic mass is 9.86. The molecule has 1 saturated carbocycles. The van der Waals surface area contributed by atoms with Crippen LogP contribution in [0.1, 0.15) is 38.1 Å². The lowest BCUT2D eigenvalue weighted by Gasteiger charge is -2.38. The molecule has 26 heavy (non-hydrogen) atoms. The molecule has 0 aromatic carbocycles. The van der Waals surface area contributed by atoms with Gasteiger partial charge in [-0.25, -0.2) is 18.1 Å². The second kappa shape index (κ2) is 7.09. The van der Waals surface area contributed by atoms with Crippen LogP contribution in [-0.2, 0) is 14.8 Å². The third kappa shape index (κ3) is 3.28. The van der Waals surface area contributed by atoms with E-state index in [9.17, 15) is 13.2 Å². The molecule has 1 unspecified atom stereocenters. The van der Waals surface area contributed by atoms with E-state index in [1.165, 1.54) is 22.0 Å². The number of amides is 1. The third-order valence-corrected chi connectivity index (χ3v) is 8.37. The molecule has 0 radical (unpaired) electrons. The Morgan fingerprint density at radius 2 is 2.15 bits per heavy atom. The van der Waals surface area contributed by atoms with Gasteiger partial charge in [0.25, 0.3) is 10.0 Å². The van der Waals surface area contributed by atoms with Crippen LogP contribution in [0.2, 0.25) is 0 Å². The fourth-order valence-corrected chi connectivity index (χ4v) is 6.38. The van der Waals surface area contributed by atoms with Crippen molar-refractivity contribution < 1.29 is 13.2 Å². The minimum atomic E-state index is -3.61. The van der Waals surface area contributed by atoms with Crippen LogP contribution >= 0.6 is 11.3 Å². The molecule has 8 nitrogen and oxygen atoms in total. The summed E-state index contributed by atoms with van der Waals surface area (Å²) in [5.74, 6) is -0.188. The Morgan fingerprint density at radius 1 is 1.31 bits per heavy atom. The molecular formula is C16H21N5O3S2. The minimum absolute atomic E-state index is 0.0601. The average Bonchev–Trinajstić information content (AvgIpc) is 3.31. The number of hydrogen-bond donors (Lipinski definition) is 1. The van der Waals surface area contributed by atoms with E-state index in [4.69, 9.17) is 0 Å². The maximum absolute atomic E-state index is 12.9. The van der Waals surface area contributed by atoms with Crippen molar-refractivity contribution in [2.45, 2.75) is 54.4 Å². The van der Waals surface area contributed by atoms with Crippen LogP contribution in [0.25, 0.3) is 0 Å². The Hall–Kier alpha value is -1.78. The lowest BCUT2D eigenvalue weighted by molar-refractivity contribution is -0.127. The van der Waals surface area contributed by atoms with E-state index >= 15 is 0 Å². The topological polar surface area (TPSA) is 97.2 Å². The van der Waals surface area contributed by atoms with Gasteiger partial charge in [-0.3, -0.25) is 4.79 Å². The van der Waals surface area contributed by atoms with Gasteiger partial charge >= 0.3 is 0 Å². The first-order chi connectivity index (χ1) is 12.6. The van der Waals surface area contributed by atoms with Crippen LogP contribution < -0.4 is 5.32 Å². The van der Waals surface area contributed by atoms with E-state index in [-0.39, 0.29) is 18.0 Å². The zero-order valence-electron chi connectivity index (χ0n) is 14.2. The number of piperidine rings is 1. The molecule has 1 aliphatic heterocycles. The highest BCUT2D eigenvalue weighted by Gasteiger charge is 2.40. The van der Waals surface area contributed by atoms with E-state index in [1.807, 2.05) is 0 Å². The molecule has 10 heteroatoms. The molecule has 1 saturated heterocycles. The zero-order valence-corrected chi connectivity index (χ0v) is 15.8. The summed E-state index contributed by atoms with van der Waals surface area (Å²) in [7, 11) is -3.61. The van der Waals surface area contributed by atoms with Gasteiger partial charge in [0.15, 0.2) is 0 Å². The van der Waals surface area contributed by atoms with Crippen LogP contribution in [0.3, 0.4) is 0 Å². The molecule has 1 aliphatic carbocycles. The molecular weight excluding hydrogens is 374 g/mol. The van der Waals surface area contributed by atoms with Gasteiger partial charge in [-0.15, -0.1) is 11.3 Å². The monoisotopic (exact) mass is 395 g/mol. The maximum Gasteiger partial charge on any atom is 0.253 e. The summed E-state index contributed by atoms with van der Waals surface area (Å²) in [6.45, 7) is 0.393. The molecule has 2 fully saturated rings. The molecule has 0 spiro atoms. The van der Waals surface area contributed by atoms with Crippen molar-refractivity contribution >= 4 is 27.3 Å². The summed E-state index contributed by atoms with van der Waals surface area (Å²) < 4.78 is 29.2. The number of sulfonamides is 1. The number of thiophene rings is 1. The summed E-state index contributed by atoms with van der Waals surface area (Å²) in [6, 6.07) is 3.00. The van der Waals surface area contributed by atoms with Gasteiger partial charge < -0.3 is 5.32 Å². The van der Waals surface area contributed by atoms with E-state index in [0.717, 1.165) is 25.7 Å². The van der Waals surface area contributed by atoms with E-state index in [0.29, 0.717) is 17.2 Å². The predicted octanol–water partition coefficient (Wildman–Crippen LogP) is 1.40. The van der Waals surface area contributed by atoms with Gasteiger partial charge in [0.1, 0.15) is 22.9 Å². The van der Waals surface area contributed by atoms with Crippen LogP contribution in [0.15, 0.2) is 34.4 Å². The standard InChI is InChI=1S/C16H21N5O3S2/c22-16(19-12-8-13(9-12)20-11-17-10-18-20)14-4-1-2-6-21(14)26(23,24)15-5-3-7-25-15/h3,5,7,10-14H,1-2,4,6,8-9H2,(H,19,22). The molecule has 1 amide bonds. The van der Waals surface area contributed by atoms with Crippen molar-refractivity contribution in [3.05, 3.63) is 30.2 Å². The molecule has 140 valence electrons. The van der Waals surface area contributed by atoms with Crippen molar-refractivity contribution in [1.29, 1.82) is 0 Å². The number of nitrogens with zero attached hydrogens (tertiary/aromatic N) is 4. The second-order valence-corrected chi connectivity index (χ2v) is 9.83. The van der Waals surface area contributed by atoms with Crippen LogP contribution in [0, 0.1) is 0 Å². The van der Waals surface area contributed by atoms with Crippen molar-refractivity contribution in [3.63, 3.8) is 0 Å². The van der Waals surface area contributed by atoms with Gasteiger partial charge in [0.05, 0.1) is 6.04 Å². The molecule has 2 aromatic rings. The normalized spacial score (nSPS) is 27.0. The molecule has 0 bridgehead atoms. The van der Waals surface area contributed by atoms with Crippen LogP contribution in [-0.4, -0.2) is 52.0 Å². The molecule has 2 aliphatic rings. The van der Waals surface area contributed by atoms with Crippen molar-refractivity contribution in [3.8, 4) is 0 Å². The van der Waals surface area contributed by atoms with Gasteiger partial charge in [0, 0.05) is 12.6 Å². The minimum Gasteiger partial charge on any atom is -0.352 e. The first-order valence-corrected chi connectivity index (χ1v) is 11.1. The maximum atomic E-state index is 12.9. The SMILES string of the molecule is O=C(NC1CC(n2cncn2)C1)C1CCCCN1S(=O)(=O)c1cccs1. The van der Waals surface area contributed by atoms with E-state index in [2.05, 4.69) is 15.4 Å². The highest BCUT2D eigenvalue weighted by molar-refractivity contribution is 7.91. The van der Waals surface area contributed by atoms with Crippen molar-refractivity contribution in [2.75, 3.05) is 6.54 Å². The highest BCUT2D eigenvalue weighted by atomic mass is 32.2. The molecule has 2 aromatic heterocycles. The lowest BCUT2D eigenvalue weighted by Crippen LogP contribution is -2.55. The molecule has 1 atom stereocenters. The number of nitrogens with one attached hydrogen (secondary N) is 1. The number of rotatable bonds is 5. The molecule has 3 heterocycles. The Labute approximate surface area is 156 Å². The summed E-state index contributed by atoms with van der Waals surface area (Å²) in [5, 5.41) is 8.88. The molecule has 4 rings (SSSR count). The van der Waals surface area contributed by atoms with Crippen molar-refractivity contribution in [2.24, 2.45) is 0 Å². The number of hydrogen-bond acceptors (Lipinski definition) is 6. The quantitative estimate of drug-likeness (QED) is 0.825. The highest BCUT2D eigenvalue weighted by Crippen LogP contribution is 2.32. The van der Waals surface area contributed by atoms with Gasteiger partial charge in [0.2, 0.25) is 5.91 Å². The Bertz CT molecular complexity index is 845. The second-order valence-electron chi connectivity index (χ2n) is 6.77. The summed E-state index contributed by atoms with van der Waals surface area (Å²) >= 11 is 1.19. The predicted molar refractivity (Wildman–Crippen MR) is 96.1 cm³/mol. The van der Waals surface area contributed by atoms with Gasteiger partial charge in [-0.2, -0.15) is 9.40 Å². The van der Waals surface area contributed by atoms with Crippen LogP contribution in [0.5, 0.6) is 0 Å². The van der Waals surface area contributed by atoms with Crippen LogP contribution in [0.4, 0.5) is 0 Å². The fraction of sp³-hybridized carbons (Fsp3) is 0.562. The summed E-state index contributed by atoms with van der Waals surface area (Å²) in [5.41, 5.74) is 0. The number of carbonyl (C=O) groups excluding carboxylic acids is 1. The zero-order chi connectivity index (χ0) is 18.1. The smallest absolute Gasteiger partial charge is 0.253 e. The van der Waals surface area contributed by atoms with Gasteiger partial charge in [-0.1, -0.05) is 12.5 Å².